The maximum atomic E-state index is 14.3. The van der Waals surface area contributed by atoms with Crippen LogP contribution in [0.4, 0.5) is 52.7 Å². The van der Waals surface area contributed by atoms with Crippen molar-refractivity contribution in [1.29, 1.82) is 0 Å². The summed E-state index contributed by atoms with van der Waals surface area (Å²) in [5.74, 6) is 0. The first-order valence-electron chi connectivity index (χ1n) is 10.8. The summed E-state index contributed by atoms with van der Waals surface area (Å²) in [6, 6.07) is 5.66. The third-order valence-corrected chi connectivity index (χ3v) is 5.77. The van der Waals surface area contributed by atoms with Crippen molar-refractivity contribution in [2.24, 2.45) is 0 Å². The molecule has 5 rings (SSSR count). The normalized spacial score (nSPS) is 14.8. The van der Waals surface area contributed by atoms with Crippen LogP contribution in [0.5, 0.6) is 0 Å². The summed E-state index contributed by atoms with van der Waals surface area (Å²) in [6.07, 6.45) is -21.3. The van der Waals surface area contributed by atoms with Gasteiger partial charge in [-0.1, -0.05) is 0 Å². The number of rotatable bonds is 0. The van der Waals surface area contributed by atoms with Crippen molar-refractivity contribution in [3.63, 3.8) is 0 Å². The molecule has 2 N–H and O–H groups in total. The standard InChI is InChI=1S/C24H10F12N4/c25-21(26,27)14-7-13-6-11-2-1-9(37-11)5-10-3-4-12(38-10)8-15-16(22(28,29)30)17(23(31,32)33)20(40-15)18(19(14)39-13)24(34,35)36/h1-8,37,39H. The van der Waals surface area contributed by atoms with Gasteiger partial charge in [0.2, 0.25) is 0 Å². The molecule has 0 fully saturated rings. The van der Waals surface area contributed by atoms with Gasteiger partial charge in [0.05, 0.1) is 45.0 Å². The molecule has 8 bridgehead atoms. The summed E-state index contributed by atoms with van der Waals surface area (Å²) in [5, 5.41) is 0. The van der Waals surface area contributed by atoms with E-state index in [0.717, 1.165) is 12.1 Å². The first kappa shape index (κ1) is 27.3. The van der Waals surface area contributed by atoms with Crippen LogP contribution in [0.1, 0.15) is 33.9 Å². The van der Waals surface area contributed by atoms with Crippen LogP contribution in [0.15, 0.2) is 36.4 Å². The summed E-state index contributed by atoms with van der Waals surface area (Å²) in [4.78, 5) is 11.5. The van der Waals surface area contributed by atoms with Crippen molar-refractivity contribution in [2.75, 3.05) is 0 Å². The molecule has 4 nitrogen and oxygen atoms in total. The largest absolute Gasteiger partial charge is 0.420 e. The highest BCUT2D eigenvalue weighted by molar-refractivity contribution is 5.99. The number of H-pyrrole nitrogens is 2. The Hall–Kier alpha value is -4.24. The molecule has 0 atom stereocenters. The lowest BCUT2D eigenvalue weighted by molar-refractivity contribution is -0.140. The highest BCUT2D eigenvalue weighted by Crippen LogP contribution is 2.52. The van der Waals surface area contributed by atoms with Gasteiger partial charge in [0.15, 0.2) is 0 Å². The van der Waals surface area contributed by atoms with Gasteiger partial charge in [0.25, 0.3) is 0 Å². The third kappa shape index (κ3) is 4.93. The van der Waals surface area contributed by atoms with Crippen LogP contribution >= 0.6 is 0 Å². The second-order valence-electron chi connectivity index (χ2n) is 8.57. The summed E-state index contributed by atoms with van der Waals surface area (Å²) in [7, 11) is 0. The van der Waals surface area contributed by atoms with Gasteiger partial charge in [-0.2, -0.15) is 52.7 Å². The molecule has 16 heteroatoms. The second kappa shape index (κ2) is 8.63. The molecule has 0 radical (unpaired) electrons. The van der Waals surface area contributed by atoms with Crippen molar-refractivity contribution >= 4 is 45.4 Å². The van der Waals surface area contributed by atoms with E-state index >= 15 is 0 Å². The van der Waals surface area contributed by atoms with E-state index in [0.29, 0.717) is 11.6 Å². The van der Waals surface area contributed by atoms with Crippen molar-refractivity contribution in [3.05, 3.63) is 70.3 Å². The van der Waals surface area contributed by atoms with E-state index in [1.54, 1.807) is 4.98 Å². The van der Waals surface area contributed by atoms with Gasteiger partial charge in [-0.3, -0.25) is 0 Å². The highest BCUT2D eigenvalue weighted by atomic mass is 19.4. The fraction of sp³-hybridized carbons (Fsp3) is 0.167. The van der Waals surface area contributed by atoms with E-state index in [1.807, 2.05) is 0 Å². The van der Waals surface area contributed by atoms with E-state index in [2.05, 4.69) is 15.0 Å². The lowest BCUT2D eigenvalue weighted by atomic mass is 9.99. The molecule has 3 aromatic heterocycles. The van der Waals surface area contributed by atoms with E-state index in [-0.39, 0.29) is 17.3 Å². The van der Waals surface area contributed by atoms with Gasteiger partial charge in [-0.05, 0) is 48.6 Å². The number of aromatic nitrogens is 4. The van der Waals surface area contributed by atoms with Crippen molar-refractivity contribution < 1.29 is 52.7 Å². The van der Waals surface area contributed by atoms with E-state index in [4.69, 9.17) is 0 Å². The first-order valence-corrected chi connectivity index (χ1v) is 10.8. The van der Waals surface area contributed by atoms with Crippen molar-refractivity contribution in [1.82, 2.24) is 19.9 Å². The van der Waals surface area contributed by atoms with E-state index < -0.39 is 75.1 Å². The summed E-state index contributed by atoms with van der Waals surface area (Å²) in [5.41, 5.74) is -16.7. The molecule has 2 aliphatic rings. The molecule has 0 amide bonds. The number of nitrogens with one attached hydrogen (secondary N) is 2. The van der Waals surface area contributed by atoms with E-state index in [1.165, 1.54) is 24.3 Å². The summed E-state index contributed by atoms with van der Waals surface area (Å²) >= 11 is 0. The number of allylic oxidation sites excluding steroid dienone is 2. The minimum absolute atomic E-state index is 0.0795. The number of nitrogens with zero attached hydrogens (tertiary/aromatic N) is 2. The van der Waals surface area contributed by atoms with Crippen LogP contribution in [-0.2, 0) is 12.4 Å². The Morgan fingerprint density at radius 1 is 0.525 bits per heavy atom. The number of hydrogen-bond donors (Lipinski definition) is 2. The van der Waals surface area contributed by atoms with Gasteiger partial charge in [-0.25, -0.2) is 9.97 Å². The van der Waals surface area contributed by atoms with Crippen LogP contribution in [0.25, 0.3) is 45.4 Å². The lowest BCUT2D eigenvalue weighted by Crippen LogP contribution is -2.20. The Bertz CT molecular complexity index is 1740. The molecule has 2 aliphatic heterocycles. The highest BCUT2D eigenvalue weighted by Gasteiger charge is 2.54. The topological polar surface area (TPSA) is 57.4 Å². The molecule has 0 saturated heterocycles. The number of halogens is 12. The first-order chi connectivity index (χ1) is 18.3. The molecule has 5 heterocycles. The second-order valence-corrected chi connectivity index (χ2v) is 8.57. The Kier molecular flexibility index (Phi) is 5.90. The molecular weight excluding hydrogens is 572 g/mol. The van der Waals surface area contributed by atoms with Gasteiger partial charge in [0, 0.05) is 16.6 Å². The van der Waals surface area contributed by atoms with Gasteiger partial charge in [-0.15, -0.1) is 0 Å². The van der Waals surface area contributed by atoms with Crippen molar-refractivity contribution in [2.45, 2.75) is 24.7 Å². The van der Waals surface area contributed by atoms with Crippen molar-refractivity contribution in [3.8, 4) is 0 Å². The zero-order valence-electron chi connectivity index (χ0n) is 19.0. The Balaban J connectivity index is 2.11. The van der Waals surface area contributed by atoms with Crippen LogP contribution in [0.2, 0.25) is 0 Å². The molecule has 0 aliphatic carbocycles. The number of alkyl halides is 12. The summed E-state index contributed by atoms with van der Waals surface area (Å²) < 4.78 is 169. The van der Waals surface area contributed by atoms with Gasteiger partial charge in [0.1, 0.15) is 5.56 Å². The molecule has 0 unspecified atom stereocenters. The lowest BCUT2D eigenvalue weighted by Gasteiger charge is -2.17. The molecular formula is C24H10F12N4. The molecule has 0 spiro atoms. The predicted octanol–water partition coefficient (Wildman–Crippen LogP) is 8.56. The zero-order valence-corrected chi connectivity index (χ0v) is 19.0. The van der Waals surface area contributed by atoms with Crippen LogP contribution in [-0.4, -0.2) is 32.3 Å². The fourth-order valence-corrected chi connectivity index (χ4v) is 4.32. The molecule has 0 aromatic carbocycles. The minimum Gasteiger partial charge on any atom is -0.355 e. The molecule has 40 heavy (non-hydrogen) atoms. The Morgan fingerprint density at radius 3 is 1.65 bits per heavy atom. The zero-order chi connectivity index (χ0) is 29.4. The monoisotopic (exact) mass is 582 g/mol. The van der Waals surface area contributed by atoms with Gasteiger partial charge < -0.3 is 9.97 Å². The van der Waals surface area contributed by atoms with Crippen LogP contribution in [0, 0.1) is 0 Å². The quantitative estimate of drug-likeness (QED) is 0.204. The molecule has 3 aromatic rings. The summed E-state index contributed by atoms with van der Waals surface area (Å²) in [6.45, 7) is 0. The van der Waals surface area contributed by atoms with Crippen LogP contribution < -0.4 is 0 Å². The van der Waals surface area contributed by atoms with Crippen LogP contribution in [0.3, 0.4) is 0 Å². The van der Waals surface area contributed by atoms with Gasteiger partial charge >= 0.3 is 24.7 Å². The Labute approximate surface area is 213 Å². The number of aromatic amines is 2. The smallest absolute Gasteiger partial charge is 0.355 e. The minimum atomic E-state index is -6.11. The maximum Gasteiger partial charge on any atom is 0.420 e. The average Bonchev–Trinajstić information content (AvgIpc) is 3.53. The molecule has 210 valence electrons. The predicted molar refractivity (Wildman–Crippen MR) is 119 cm³/mol. The average molecular weight is 582 g/mol. The van der Waals surface area contributed by atoms with E-state index in [9.17, 15) is 52.7 Å². The SMILES string of the molecule is FC(F)(F)C1=C(C(F)(F)F)c2nc1cc1nc(cc3ccc(cc4cc(C(F)(F)F)c([nH]4)c2C(F)(F)F)[nH]3)C=C1. The number of fused-ring (bicyclic) bond motifs is 8. The maximum absolute atomic E-state index is 14.3. The third-order valence-electron chi connectivity index (χ3n) is 5.77. The fourth-order valence-electron chi connectivity index (χ4n) is 4.32. The molecule has 0 saturated carbocycles. The Morgan fingerprint density at radius 2 is 1.10 bits per heavy atom. The number of hydrogen-bond acceptors (Lipinski definition) is 2.